The van der Waals surface area contributed by atoms with Crippen LogP contribution in [0.5, 0.6) is 5.75 Å². The molecule has 5 aromatic rings. The third-order valence-electron chi connectivity index (χ3n) is 8.47. The zero-order valence-corrected chi connectivity index (χ0v) is 26.5. The van der Waals surface area contributed by atoms with E-state index in [4.69, 9.17) is 9.73 Å². The molecule has 0 spiro atoms. The molecule has 0 saturated carbocycles. The summed E-state index contributed by atoms with van der Waals surface area (Å²) in [6.45, 7) is 9.73. The first-order chi connectivity index (χ1) is 21.4. The number of ether oxygens (including phenoxy) is 1. The Morgan fingerprint density at radius 3 is 2.39 bits per heavy atom. The van der Waals surface area contributed by atoms with Gasteiger partial charge in [0.25, 0.3) is 11.5 Å². The number of fused-ring (bicyclic) bond motifs is 2. The summed E-state index contributed by atoms with van der Waals surface area (Å²) in [4.78, 5) is 35.6. The summed E-state index contributed by atoms with van der Waals surface area (Å²) in [5.74, 6) is 0.493. The molecular formula is C36H36N4O3S. The van der Waals surface area contributed by atoms with Crippen molar-refractivity contribution in [3.05, 3.63) is 132 Å². The number of methoxy groups -OCH3 is 1. The number of hydrogen-bond donors (Lipinski definition) is 0. The highest BCUT2D eigenvalue weighted by molar-refractivity contribution is 7.07. The van der Waals surface area contributed by atoms with Crippen LogP contribution in [0.25, 0.3) is 17.0 Å². The number of aromatic nitrogens is 2. The lowest BCUT2D eigenvalue weighted by atomic mass is 9.94. The van der Waals surface area contributed by atoms with Gasteiger partial charge in [-0.05, 0) is 51.5 Å². The smallest absolute Gasteiger partial charge is 0.271 e. The normalized spacial score (nSPS) is 14.9. The van der Waals surface area contributed by atoms with Gasteiger partial charge in [-0.25, -0.2) is 4.99 Å². The Hall–Kier alpha value is -4.69. The Balaban J connectivity index is 1.57. The van der Waals surface area contributed by atoms with Crippen molar-refractivity contribution in [3.8, 4) is 5.75 Å². The molecule has 224 valence electrons. The highest BCUT2D eigenvalue weighted by Gasteiger charge is 2.35. The van der Waals surface area contributed by atoms with Crippen LogP contribution in [-0.2, 0) is 11.3 Å². The largest absolute Gasteiger partial charge is 0.496 e. The van der Waals surface area contributed by atoms with Gasteiger partial charge in [-0.2, -0.15) is 0 Å². The molecule has 8 heteroatoms. The average molecular weight is 605 g/mol. The number of carbonyl (C=O) groups is 1. The molecule has 0 bridgehead atoms. The van der Waals surface area contributed by atoms with Gasteiger partial charge in [0.2, 0.25) is 0 Å². The molecule has 0 radical (unpaired) electrons. The molecular weight excluding hydrogens is 568 g/mol. The second-order valence-corrected chi connectivity index (χ2v) is 11.9. The first kappa shape index (κ1) is 29.4. The van der Waals surface area contributed by atoms with E-state index in [-0.39, 0.29) is 11.5 Å². The quantitative estimate of drug-likeness (QED) is 0.238. The van der Waals surface area contributed by atoms with Crippen LogP contribution >= 0.6 is 11.3 Å². The minimum atomic E-state index is -0.668. The standard InChI is InChI=1S/C36H36N4O3S/c1-6-38(7-2)35(42)32-23(3)37-36-40(33(32)27-18-12-14-20-30(27)43-5)34(41)31(44-36)21-28-24(4)39(22-25-15-9-8-10-16-25)29-19-13-11-17-26(28)29/h8-21,33H,6-7,22H2,1-5H3/b31-21+/t33-/m0/s1. The number of nitrogens with zero attached hydrogens (tertiary/aromatic N) is 4. The minimum Gasteiger partial charge on any atom is -0.496 e. The van der Waals surface area contributed by atoms with Gasteiger partial charge in [0.1, 0.15) is 11.8 Å². The Morgan fingerprint density at radius 2 is 1.66 bits per heavy atom. The molecule has 1 aliphatic heterocycles. The van der Waals surface area contributed by atoms with E-state index in [1.54, 1.807) is 16.6 Å². The predicted octanol–water partition coefficient (Wildman–Crippen LogP) is 5.42. The summed E-state index contributed by atoms with van der Waals surface area (Å²) in [5, 5.41) is 1.08. The third-order valence-corrected chi connectivity index (χ3v) is 9.46. The minimum absolute atomic E-state index is 0.124. The predicted molar refractivity (Wildman–Crippen MR) is 177 cm³/mol. The van der Waals surface area contributed by atoms with Crippen LogP contribution in [0.1, 0.15) is 49.2 Å². The first-order valence-electron chi connectivity index (χ1n) is 14.9. The number of carbonyl (C=O) groups excluding carboxylic acids is 1. The van der Waals surface area contributed by atoms with Crippen LogP contribution in [0.4, 0.5) is 0 Å². The topological polar surface area (TPSA) is 68.8 Å². The second-order valence-electron chi connectivity index (χ2n) is 10.9. The monoisotopic (exact) mass is 604 g/mol. The van der Waals surface area contributed by atoms with Crippen LogP contribution in [0.2, 0.25) is 0 Å². The summed E-state index contributed by atoms with van der Waals surface area (Å²) in [6, 6.07) is 25.6. The van der Waals surface area contributed by atoms with Gasteiger partial charge in [-0.15, -0.1) is 0 Å². The van der Waals surface area contributed by atoms with Gasteiger partial charge in [0.15, 0.2) is 4.80 Å². The van der Waals surface area contributed by atoms with Crippen LogP contribution < -0.4 is 19.6 Å². The van der Waals surface area contributed by atoms with Crippen LogP contribution in [0.3, 0.4) is 0 Å². The number of para-hydroxylation sites is 2. The van der Waals surface area contributed by atoms with Gasteiger partial charge in [-0.3, -0.25) is 14.2 Å². The zero-order valence-electron chi connectivity index (χ0n) is 25.7. The van der Waals surface area contributed by atoms with E-state index < -0.39 is 6.04 Å². The maximum atomic E-state index is 14.4. The second kappa shape index (κ2) is 12.1. The van der Waals surface area contributed by atoms with E-state index in [1.807, 2.05) is 69.3 Å². The first-order valence-corrected chi connectivity index (χ1v) is 15.8. The van der Waals surface area contributed by atoms with Gasteiger partial charge in [0.05, 0.1) is 22.9 Å². The third kappa shape index (κ3) is 4.99. The molecule has 0 aliphatic carbocycles. The highest BCUT2D eigenvalue weighted by Crippen LogP contribution is 2.36. The molecule has 0 fully saturated rings. The zero-order chi connectivity index (χ0) is 31.0. The van der Waals surface area contributed by atoms with E-state index in [1.165, 1.54) is 16.9 Å². The fraction of sp³-hybridized carbons (Fsp3) is 0.250. The molecule has 1 amide bonds. The number of likely N-dealkylation sites (N-methyl/N-ethyl adjacent to an activating group) is 1. The van der Waals surface area contributed by atoms with Gasteiger partial charge < -0.3 is 14.2 Å². The fourth-order valence-electron chi connectivity index (χ4n) is 6.20. The van der Waals surface area contributed by atoms with E-state index >= 15 is 0 Å². The number of benzene rings is 3. The molecule has 44 heavy (non-hydrogen) atoms. The Kier molecular flexibility index (Phi) is 8.10. The van der Waals surface area contributed by atoms with Crippen molar-refractivity contribution < 1.29 is 9.53 Å². The van der Waals surface area contributed by atoms with Crippen molar-refractivity contribution >= 4 is 34.2 Å². The van der Waals surface area contributed by atoms with Crippen molar-refractivity contribution in [2.24, 2.45) is 4.99 Å². The number of hydrogen-bond acceptors (Lipinski definition) is 5. The highest BCUT2D eigenvalue weighted by atomic mass is 32.1. The van der Waals surface area contributed by atoms with E-state index in [0.717, 1.165) is 34.3 Å². The summed E-state index contributed by atoms with van der Waals surface area (Å²) in [5.41, 5.74) is 6.09. The lowest BCUT2D eigenvalue weighted by Crippen LogP contribution is -2.43. The SMILES string of the molecule is CCN(CC)C(=O)C1=C(C)N=c2s/c(=C/c3c(C)n(Cc4ccccc4)c4ccccc34)c(=O)n2[C@H]1c1ccccc1OC. The van der Waals surface area contributed by atoms with Crippen molar-refractivity contribution in [2.75, 3.05) is 20.2 Å². The Bertz CT molecular complexity index is 2080. The fourth-order valence-corrected chi connectivity index (χ4v) is 7.23. The maximum absolute atomic E-state index is 14.4. The molecule has 7 nitrogen and oxygen atoms in total. The molecule has 3 heterocycles. The van der Waals surface area contributed by atoms with Crippen LogP contribution in [0, 0.1) is 6.92 Å². The lowest BCUT2D eigenvalue weighted by molar-refractivity contribution is -0.127. The molecule has 2 aromatic heterocycles. The Morgan fingerprint density at radius 1 is 0.977 bits per heavy atom. The summed E-state index contributed by atoms with van der Waals surface area (Å²) in [7, 11) is 1.61. The number of thiazole rings is 1. The van der Waals surface area contributed by atoms with E-state index in [9.17, 15) is 9.59 Å². The molecule has 0 saturated heterocycles. The molecule has 0 unspecified atom stereocenters. The molecule has 6 rings (SSSR count). The van der Waals surface area contributed by atoms with E-state index in [0.29, 0.717) is 39.4 Å². The van der Waals surface area contributed by atoms with Gasteiger partial charge in [0, 0.05) is 47.4 Å². The summed E-state index contributed by atoms with van der Waals surface area (Å²) >= 11 is 1.36. The van der Waals surface area contributed by atoms with Gasteiger partial charge in [-0.1, -0.05) is 78.1 Å². The van der Waals surface area contributed by atoms with Gasteiger partial charge >= 0.3 is 0 Å². The number of amides is 1. The van der Waals surface area contributed by atoms with Crippen molar-refractivity contribution in [1.82, 2.24) is 14.0 Å². The Labute approximate surface area is 260 Å². The number of allylic oxidation sites excluding steroid dienone is 1. The van der Waals surface area contributed by atoms with Crippen molar-refractivity contribution in [2.45, 2.75) is 40.3 Å². The molecule has 1 atom stereocenters. The summed E-state index contributed by atoms with van der Waals surface area (Å²) in [6.07, 6.45) is 1.99. The maximum Gasteiger partial charge on any atom is 0.271 e. The molecule has 1 aliphatic rings. The number of rotatable bonds is 8. The van der Waals surface area contributed by atoms with Crippen molar-refractivity contribution in [3.63, 3.8) is 0 Å². The molecule has 3 aromatic carbocycles. The average Bonchev–Trinajstić information content (AvgIpc) is 3.49. The molecule has 0 N–H and O–H groups in total. The van der Waals surface area contributed by atoms with E-state index in [2.05, 4.69) is 47.9 Å². The van der Waals surface area contributed by atoms with Crippen LogP contribution in [-0.4, -0.2) is 40.1 Å². The van der Waals surface area contributed by atoms with Crippen molar-refractivity contribution in [1.29, 1.82) is 0 Å². The lowest BCUT2D eigenvalue weighted by Gasteiger charge is -2.29. The summed E-state index contributed by atoms with van der Waals surface area (Å²) < 4.78 is 10.3. The van der Waals surface area contributed by atoms with Crippen LogP contribution in [0.15, 0.2) is 99.9 Å².